The molecule has 2 amide bonds. The van der Waals surface area contributed by atoms with Crippen molar-refractivity contribution in [2.75, 3.05) is 5.32 Å². The monoisotopic (exact) mass is 495 g/mol. The highest BCUT2D eigenvalue weighted by Crippen LogP contribution is 2.52. The molecule has 1 fully saturated rings. The van der Waals surface area contributed by atoms with Crippen molar-refractivity contribution in [2.45, 2.75) is 73.1 Å². The Morgan fingerprint density at radius 3 is 1.91 bits per heavy atom. The van der Waals surface area contributed by atoms with Crippen LogP contribution in [-0.4, -0.2) is 43.6 Å². The molecule has 174 valence electrons. The molecule has 0 radical (unpaired) electrons. The predicted octanol–water partition coefficient (Wildman–Crippen LogP) is 6.47. The van der Waals surface area contributed by atoms with Crippen LogP contribution < -0.4 is 5.32 Å². The van der Waals surface area contributed by atoms with Gasteiger partial charge in [0.1, 0.15) is 0 Å². The molecule has 7 nitrogen and oxygen atoms in total. The van der Waals surface area contributed by atoms with Gasteiger partial charge in [-0.25, -0.2) is 9.59 Å². The summed E-state index contributed by atoms with van der Waals surface area (Å²) in [5.41, 5.74) is 4.56. The van der Waals surface area contributed by atoms with Crippen molar-refractivity contribution in [1.82, 2.24) is 8.83 Å². The fraction of sp³-hybridized carbons (Fsp3) is 0.500. The quantitative estimate of drug-likeness (QED) is 0.285. The van der Waals surface area contributed by atoms with E-state index in [-0.39, 0.29) is 12.2 Å². The molecular weight excluding hydrogens is 466 g/mol. The van der Waals surface area contributed by atoms with Crippen LogP contribution in [-0.2, 0) is 9.47 Å². The third kappa shape index (κ3) is 4.87. The Labute approximate surface area is 203 Å². The van der Waals surface area contributed by atoms with Gasteiger partial charge < -0.3 is 14.8 Å². The number of anilines is 1. The predicted molar refractivity (Wildman–Crippen MR) is 135 cm³/mol. The molecule has 0 aromatic heterocycles. The lowest BCUT2D eigenvalue weighted by molar-refractivity contribution is 0.0471. The van der Waals surface area contributed by atoms with Gasteiger partial charge >= 0.3 is 12.2 Å². The molecule has 2 aliphatic rings. The number of thiocarbonyl (C=S) groups is 1. The number of nitrogens with zero attached hydrogens (tertiary/aromatic N) is 2. The highest BCUT2D eigenvalue weighted by Gasteiger charge is 2.44. The number of nitrogens with one attached hydrogen (secondary N) is 1. The maximum atomic E-state index is 12.8. The zero-order valence-corrected chi connectivity index (χ0v) is 22.0. The van der Waals surface area contributed by atoms with E-state index in [1.807, 2.05) is 20.8 Å². The second-order valence-corrected chi connectivity index (χ2v) is 11.4. The first-order valence-corrected chi connectivity index (χ1v) is 12.3. The minimum atomic E-state index is -0.645. The molecular formula is C22H29N3O4S3. The summed E-state index contributed by atoms with van der Waals surface area (Å²) in [4.78, 5) is 26.3. The second-order valence-electron chi connectivity index (χ2n) is 8.82. The number of benzene rings is 1. The van der Waals surface area contributed by atoms with E-state index in [0.717, 1.165) is 50.5 Å². The first-order chi connectivity index (χ1) is 14.8. The van der Waals surface area contributed by atoms with E-state index in [1.165, 1.54) is 14.4 Å². The Balaban J connectivity index is 2.13. The first kappa shape index (κ1) is 24.7. The third-order valence-corrected chi connectivity index (χ3v) is 7.81. The van der Waals surface area contributed by atoms with E-state index in [9.17, 15) is 9.59 Å². The van der Waals surface area contributed by atoms with E-state index < -0.39 is 17.7 Å². The maximum Gasteiger partial charge on any atom is 0.441 e. The van der Waals surface area contributed by atoms with Gasteiger partial charge in [-0.1, -0.05) is 12.2 Å². The van der Waals surface area contributed by atoms with Gasteiger partial charge in [-0.15, -0.1) is 8.83 Å². The second kappa shape index (κ2) is 9.15. The molecule has 0 bridgehead atoms. The molecule has 2 aliphatic heterocycles. The Kier molecular flexibility index (Phi) is 7.07. The molecule has 1 N–H and O–H groups in total. The van der Waals surface area contributed by atoms with Gasteiger partial charge in [0.05, 0.1) is 22.0 Å². The van der Waals surface area contributed by atoms with Crippen LogP contribution in [0.2, 0.25) is 0 Å². The number of fused-ring (bicyclic) bond motifs is 1. The Bertz CT molecular complexity index is 972. The summed E-state index contributed by atoms with van der Waals surface area (Å²) in [6.45, 7) is 15.2. The summed E-state index contributed by atoms with van der Waals surface area (Å²) in [6, 6.07) is 4.20. The number of aryl methyl sites for hydroxylation is 2. The van der Waals surface area contributed by atoms with Crippen molar-refractivity contribution < 1.29 is 19.1 Å². The smallest absolute Gasteiger partial charge is 0.441 e. The number of ether oxygens (including phenoxy) is 2. The maximum absolute atomic E-state index is 12.8. The normalized spacial score (nSPS) is 17.6. The summed E-state index contributed by atoms with van der Waals surface area (Å²) < 4.78 is 13.8. The van der Waals surface area contributed by atoms with Crippen molar-refractivity contribution in [3.8, 4) is 0 Å². The van der Waals surface area contributed by atoms with Crippen LogP contribution in [0, 0.1) is 13.8 Å². The summed E-state index contributed by atoms with van der Waals surface area (Å²) in [6.07, 6.45) is -1.96. The van der Waals surface area contributed by atoms with Crippen molar-refractivity contribution in [3.05, 3.63) is 33.1 Å². The number of amides is 2. The highest BCUT2D eigenvalue weighted by atomic mass is 32.2. The summed E-state index contributed by atoms with van der Waals surface area (Å²) >= 11 is 8.12. The lowest BCUT2D eigenvalue weighted by Crippen LogP contribution is -2.43. The van der Waals surface area contributed by atoms with Crippen LogP contribution in [0.15, 0.2) is 16.4 Å². The molecule has 1 saturated heterocycles. The Morgan fingerprint density at radius 2 is 1.44 bits per heavy atom. The average Bonchev–Trinajstić information content (AvgIpc) is 3.09. The zero-order valence-electron chi connectivity index (χ0n) is 19.6. The topological polar surface area (TPSA) is 71.1 Å². The van der Waals surface area contributed by atoms with E-state index in [4.69, 9.17) is 21.7 Å². The summed E-state index contributed by atoms with van der Waals surface area (Å²) in [5, 5.41) is 3.52. The van der Waals surface area contributed by atoms with Crippen molar-refractivity contribution in [2.24, 2.45) is 0 Å². The fourth-order valence-corrected chi connectivity index (χ4v) is 5.80. The standard InChI is InChI=1S/C22H29N3O4S3/c1-11(2)28-20(26)24-25(21(27)29-12(3)4)32-19(31-24)17-15-9-13(5)14(6)10-16(15)23-22(7,8)18(17)30/h9-12,23H,1-8H3. The van der Waals surface area contributed by atoms with Gasteiger partial charge in [-0.2, -0.15) is 0 Å². The number of hydrogen-bond acceptors (Lipinski definition) is 8. The van der Waals surface area contributed by atoms with Gasteiger partial charge in [-0.05, 0) is 78.6 Å². The number of hydrazine groups is 1. The first-order valence-electron chi connectivity index (χ1n) is 10.4. The van der Waals surface area contributed by atoms with Crippen molar-refractivity contribution >= 4 is 64.4 Å². The molecule has 32 heavy (non-hydrogen) atoms. The highest BCUT2D eigenvalue weighted by molar-refractivity contribution is 8.23. The Hall–Kier alpha value is -1.91. The molecule has 1 aromatic carbocycles. The lowest BCUT2D eigenvalue weighted by Gasteiger charge is -2.37. The molecule has 2 heterocycles. The number of carbonyl (C=O) groups is 2. The minimum absolute atomic E-state index is 0.335. The van der Waals surface area contributed by atoms with E-state index in [2.05, 4.69) is 24.4 Å². The summed E-state index contributed by atoms with van der Waals surface area (Å²) in [7, 11) is 0. The van der Waals surface area contributed by atoms with Gasteiger partial charge in [0.2, 0.25) is 0 Å². The number of carbonyl (C=O) groups excluding carboxylic acids is 2. The number of rotatable bonds is 2. The molecule has 10 heteroatoms. The van der Waals surface area contributed by atoms with E-state index in [1.54, 1.807) is 27.7 Å². The molecule has 0 unspecified atom stereocenters. The molecule has 3 rings (SSSR count). The largest absolute Gasteiger partial charge is 0.445 e. The van der Waals surface area contributed by atoms with Gasteiger partial charge in [0.15, 0.2) is 0 Å². The van der Waals surface area contributed by atoms with Crippen molar-refractivity contribution in [1.29, 1.82) is 0 Å². The third-order valence-electron chi connectivity index (χ3n) is 4.84. The Morgan fingerprint density at radius 1 is 0.969 bits per heavy atom. The van der Waals surface area contributed by atoms with Crippen LogP contribution in [0.5, 0.6) is 0 Å². The van der Waals surface area contributed by atoms with E-state index in [0.29, 0.717) is 4.86 Å². The van der Waals surface area contributed by atoms with Crippen LogP contribution in [0.25, 0.3) is 5.57 Å². The summed E-state index contributed by atoms with van der Waals surface area (Å²) in [5.74, 6) is 0. The fourth-order valence-electron chi connectivity index (χ4n) is 3.21. The van der Waals surface area contributed by atoms with Gasteiger partial charge in [0.25, 0.3) is 0 Å². The SMILES string of the molecule is Cc1cc2c(cc1C)C(=C1SN(C(=O)OC(C)C)N(C(=O)OC(C)C)S1)C(=S)C(C)(C)N2. The molecule has 0 spiro atoms. The molecule has 0 aliphatic carbocycles. The van der Waals surface area contributed by atoms with Gasteiger partial charge in [0, 0.05) is 45.6 Å². The average molecular weight is 496 g/mol. The van der Waals surface area contributed by atoms with E-state index >= 15 is 0 Å². The molecule has 0 atom stereocenters. The van der Waals surface area contributed by atoms with Crippen LogP contribution in [0.1, 0.15) is 58.2 Å². The van der Waals surface area contributed by atoms with Crippen LogP contribution in [0.4, 0.5) is 15.3 Å². The minimum Gasteiger partial charge on any atom is -0.445 e. The van der Waals surface area contributed by atoms with Crippen molar-refractivity contribution in [3.63, 3.8) is 0 Å². The molecule has 0 saturated carbocycles. The van der Waals surface area contributed by atoms with Crippen LogP contribution in [0.3, 0.4) is 0 Å². The van der Waals surface area contributed by atoms with Crippen LogP contribution >= 0.6 is 36.1 Å². The lowest BCUT2D eigenvalue weighted by atomic mass is 9.84. The molecule has 1 aromatic rings. The zero-order chi connectivity index (χ0) is 24.0. The number of hydrogen-bond donors (Lipinski definition) is 1. The van der Waals surface area contributed by atoms with Gasteiger partial charge in [-0.3, -0.25) is 0 Å².